The summed E-state index contributed by atoms with van der Waals surface area (Å²) in [7, 11) is 0. The Kier molecular flexibility index (Phi) is 4.40. The number of hydrogen-bond acceptors (Lipinski definition) is 6. The van der Waals surface area contributed by atoms with Gasteiger partial charge < -0.3 is 10.6 Å². The lowest BCUT2D eigenvalue weighted by atomic mass is 9.91. The van der Waals surface area contributed by atoms with E-state index in [4.69, 9.17) is 17.3 Å². The second kappa shape index (κ2) is 6.12. The Labute approximate surface area is 137 Å². The van der Waals surface area contributed by atoms with Crippen LogP contribution in [0.4, 0.5) is 5.13 Å². The highest BCUT2D eigenvalue weighted by atomic mass is 35.5. The van der Waals surface area contributed by atoms with Gasteiger partial charge in [-0.2, -0.15) is 0 Å². The van der Waals surface area contributed by atoms with E-state index < -0.39 is 0 Å². The summed E-state index contributed by atoms with van der Waals surface area (Å²) >= 11 is 9.22. The van der Waals surface area contributed by atoms with Gasteiger partial charge in [-0.05, 0) is 38.0 Å². The molecule has 1 fully saturated rings. The first-order valence-corrected chi connectivity index (χ1v) is 8.84. The third kappa shape index (κ3) is 3.88. The van der Waals surface area contributed by atoms with Gasteiger partial charge in [0.15, 0.2) is 4.34 Å². The summed E-state index contributed by atoms with van der Waals surface area (Å²) in [6.45, 7) is 4.01. The van der Waals surface area contributed by atoms with E-state index in [1.54, 1.807) is 23.1 Å². The Morgan fingerprint density at radius 2 is 2.10 bits per heavy atom. The maximum atomic E-state index is 6.16. The van der Waals surface area contributed by atoms with Crippen molar-refractivity contribution in [2.45, 2.75) is 34.5 Å². The number of halogens is 1. The molecule has 0 aliphatic carbocycles. The smallest absolute Gasteiger partial charge is 0.209 e. The molecule has 0 radical (unpaired) electrons. The highest BCUT2D eigenvalue weighted by Crippen LogP contribution is 2.35. The number of piperidine rings is 1. The first kappa shape index (κ1) is 15.1. The lowest BCUT2D eigenvalue weighted by Crippen LogP contribution is -2.48. The quantitative estimate of drug-likeness (QED) is 0.924. The standard InChI is InChI=1S/C14H17ClN4S2/c1-14(16)5-7-19(8-6-14)12-17-18-13(21-12)20-11-4-2-3-10(15)9-11/h2-4,9H,5-8,16H2,1H3. The van der Waals surface area contributed by atoms with Gasteiger partial charge in [0.25, 0.3) is 0 Å². The lowest BCUT2D eigenvalue weighted by molar-refractivity contribution is 0.364. The molecule has 0 atom stereocenters. The largest absolute Gasteiger partial charge is 0.346 e. The van der Waals surface area contributed by atoms with Crippen LogP contribution in [0.5, 0.6) is 0 Å². The molecule has 0 spiro atoms. The maximum Gasteiger partial charge on any atom is 0.209 e. The van der Waals surface area contributed by atoms with Gasteiger partial charge >= 0.3 is 0 Å². The lowest BCUT2D eigenvalue weighted by Gasteiger charge is -2.36. The summed E-state index contributed by atoms with van der Waals surface area (Å²) in [5.74, 6) is 0. The van der Waals surface area contributed by atoms with Gasteiger partial charge in [0, 0.05) is 28.5 Å². The van der Waals surface area contributed by atoms with Gasteiger partial charge in [0.1, 0.15) is 0 Å². The van der Waals surface area contributed by atoms with Crippen molar-refractivity contribution in [1.29, 1.82) is 0 Å². The minimum Gasteiger partial charge on any atom is -0.346 e. The molecule has 2 N–H and O–H groups in total. The third-order valence-corrected chi connectivity index (χ3v) is 5.83. The molecule has 0 unspecified atom stereocenters. The van der Waals surface area contributed by atoms with Gasteiger partial charge in [-0.15, -0.1) is 10.2 Å². The average Bonchev–Trinajstić information content (AvgIpc) is 2.87. The van der Waals surface area contributed by atoms with Crippen molar-refractivity contribution in [3.05, 3.63) is 29.3 Å². The minimum atomic E-state index is -0.0421. The summed E-state index contributed by atoms with van der Waals surface area (Å²) in [5, 5.41) is 10.3. The molecule has 3 rings (SSSR count). The number of rotatable bonds is 3. The van der Waals surface area contributed by atoms with Crippen LogP contribution in [-0.4, -0.2) is 28.8 Å². The molecule has 0 amide bonds. The van der Waals surface area contributed by atoms with Crippen molar-refractivity contribution >= 4 is 39.8 Å². The topological polar surface area (TPSA) is 55.0 Å². The number of hydrogen-bond donors (Lipinski definition) is 1. The number of aromatic nitrogens is 2. The van der Waals surface area contributed by atoms with E-state index in [0.29, 0.717) is 0 Å². The molecule has 1 saturated heterocycles. The summed E-state index contributed by atoms with van der Waals surface area (Å²) in [4.78, 5) is 3.35. The fraction of sp³-hybridized carbons (Fsp3) is 0.429. The molecule has 1 aliphatic heterocycles. The predicted octanol–water partition coefficient (Wildman–Crippen LogP) is 3.66. The fourth-order valence-corrected chi connectivity index (χ4v) is 4.39. The molecule has 1 aromatic heterocycles. The van der Waals surface area contributed by atoms with E-state index in [1.165, 1.54) is 0 Å². The van der Waals surface area contributed by atoms with Crippen molar-refractivity contribution in [1.82, 2.24) is 10.2 Å². The molecule has 112 valence electrons. The molecular weight excluding hydrogens is 324 g/mol. The highest BCUT2D eigenvalue weighted by molar-refractivity contribution is 8.01. The van der Waals surface area contributed by atoms with Crippen molar-refractivity contribution in [2.75, 3.05) is 18.0 Å². The van der Waals surface area contributed by atoms with Crippen molar-refractivity contribution in [3.8, 4) is 0 Å². The first-order chi connectivity index (χ1) is 10.0. The maximum absolute atomic E-state index is 6.16. The number of nitrogens with two attached hydrogens (primary N) is 1. The van der Waals surface area contributed by atoms with Crippen LogP contribution < -0.4 is 10.6 Å². The van der Waals surface area contributed by atoms with E-state index in [1.807, 2.05) is 24.3 Å². The zero-order chi connectivity index (χ0) is 14.9. The monoisotopic (exact) mass is 340 g/mol. The van der Waals surface area contributed by atoms with Crippen LogP contribution in [0.1, 0.15) is 19.8 Å². The summed E-state index contributed by atoms with van der Waals surface area (Å²) < 4.78 is 0.938. The van der Waals surface area contributed by atoms with Crippen molar-refractivity contribution in [3.63, 3.8) is 0 Å². The molecule has 7 heteroatoms. The van der Waals surface area contributed by atoms with Gasteiger partial charge in [0.05, 0.1) is 0 Å². The number of benzene rings is 1. The van der Waals surface area contributed by atoms with Crippen LogP contribution in [0, 0.1) is 0 Å². The zero-order valence-electron chi connectivity index (χ0n) is 11.8. The van der Waals surface area contributed by atoms with E-state index in [0.717, 1.165) is 45.3 Å². The SMILES string of the molecule is CC1(N)CCN(c2nnc(Sc3cccc(Cl)c3)s2)CC1. The molecule has 2 heterocycles. The third-order valence-electron chi connectivity index (χ3n) is 3.57. The molecule has 4 nitrogen and oxygen atoms in total. The summed E-state index contributed by atoms with van der Waals surface area (Å²) in [6.07, 6.45) is 1.98. The van der Waals surface area contributed by atoms with Crippen LogP contribution >= 0.6 is 34.7 Å². The highest BCUT2D eigenvalue weighted by Gasteiger charge is 2.27. The normalized spacial score (nSPS) is 18.0. The van der Waals surface area contributed by atoms with Crippen LogP contribution in [0.2, 0.25) is 5.02 Å². The van der Waals surface area contributed by atoms with Crippen LogP contribution in [0.15, 0.2) is 33.5 Å². The molecule has 21 heavy (non-hydrogen) atoms. The first-order valence-electron chi connectivity index (χ1n) is 6.83. The molecule has 1 aromatic carbocycles. The van der Waals surface area contributed by atoms with Gasteiger partial charge in [-0.1, -0.05) is 40.8 Å². The zero-order valence-corrected chi connectivity index (χ0v) is 14.1. The van der Waals surface area contributed by atoms with E-state index in [-0.39, 0.29) is 5.54 Å². The molecular formula is C14H17ClN4S2. The second-order valence-corrected chi connectivity index (χ2v) is 8.26. The molecule has 2 aromatic rings. The Morgan fingerprint density at radius 1 is 1.33 bits per heavy atom. The van der Waals surface area contributed by atoms with E-state index in [9.17, 15) is 0 Å². The minimum absolute atomic E-state index is 0.0421. The van der Waals surface area contributed by atoms with Crippen LogP contribution in [-0.2, 0) is 0 Å². The average molecular weight is 341 g/mol. The molecule has 1 aliphatic rings. The van der Waals surface area contributed by atoms with Gasteiger partial charge in [-0.3, -0.25) is 0 Å². The predicted molar refractivity (Wildman–Crippen MR) is 89.5 cm³/mol. The van der Waals surface area contributed by atoms with Gasteiger partial charge in [-0.25, -0.2) is 0 Å². The Morgan fingerprint density at radius 3 is 2.81 bits per heavy atom. The van der Waals surface area contributed by atoms with Gasteiger partial charge in [0.2, 0.25) is 5.13 Å². The van der Waals surface area contributed by atoms with Crippen LogP contribution in [0.25, 0.3) is 0 Å². The Bertz CT molecular complexity index is 619. The molecule has 0 bridgehead atoms. The van der Waals surface area contributed by atoms with Crippen molar-refractivity contribution in [2.24, 2.45) is 5.73 Å². The number of nitrogens with zero attached hydrogens (tertiary/aromatic N) is 3. The summed E-state index contributed by atoms with van der Waals surface area (Å²) in [5.41, 5.74) is 6.12. The van der Waals surface area contributed by atoms with Crippen LogP contribution in [0.3, 0.4) is 0 Å². The van der Waals surface area contributed by atoms with Crippen molar-refractivity contribution < 1.29 is 0 Å². The number of anilines is 1. The Balaban J connectivity index is 1.67. The van der Waals surface area contributed by atoms with E-state index >= 15 is 0 Å². The Hall–Kier alpha value is -0.820. The summed E-state index contributed by atoms with van der Waals surface area (Å²) in [6, 6.07) is 7.78. The fourth-order valence-electron chi connectivity index (χ4n) is 2.21. The second-order valence-electron chi connectivity index (χ2n) is 5.55. The molecule has 0 saturated carbocycles. The van der Waals surface area contributed by atoms with E-state index in [2.05, 4.69) is 22.0 Å².